The monoisotopic (exact) mass is 372 g/mol. The minimum Gasteiger partial charge on any atom is -0.486 e. The summed E-state index contributed by atoms with van der Waals surface area (Å²) >= 11 is 0. The maximum Gasteiger partial charge on any atom is 0.140 e. The average Bonchev–Trinajstić information content (AvgIpc) is 3.04. The number of rotatable bonds is 3. The lowest BCUT2D eigenvalue weighted by molar-refractivity contribution is 0.154. The maximum absolute atomic E-state index is 14.6. The van der Waals surface area contributed by atoms with Crippen LogP contribution in [0.15, 0.2) is 53.9 Å². The predicted octanol–water partition coefficient (Wildman–Crippen LogP) is 5.07. The maximum atomic E-state index is 14.6. The van der Waals surface area contributed by atoms with Gasteiger partial charge in [0, 0.05) is 28.9 Å². The summed E-state index contributed by atoms with van der Waals surface area (Å²) in [5.74, 6) is 1.05. The lowest BCUT2D eigenvalue weighted by Crippen LogP contribution is -2.43. The van der Waals surface area contributed by atoms with Gasteiger partial charge in [0.2, 0.25) is 0 Å². The summed E-state index contributed by atoms with van der Waals surface area (Å²) in [6.45, 7) is 3.03. The topological polar surface area (TPSA) is 28.3 Å². The molecule has 0 unspecified atom stereocenters. The SMILES string of the molecule is Cl.F/C(COc1ccc2c(c1)[nH]c1ccccc12)=C1\CN2CCC1CC2. The van der Waals surface area contributed by atoms with Gasteiger partial charge in [-0.2, -0.15) is 0 Å². The lowest BCUT2D eigenvalue weighted by atomic mass is 9.83. The van der Waals surface area contributed by atoms with E-state index in [0.717, 1.165) is 49.1 Å². The molecule has 2 bridgehead atoms. The first-order valence-electron chi connectivity index (χ1n) is 9.01. The fourth-order valence-corrected chi connectivity index (χ4v) is 4.28. The number of halogens is 2. The molecule has 0 radical (unpaired) electrons. The molecule has 3 saturated heterocycles. The van der Waals surface area contributed by atoms with Crippen LogP contribution in [0.25, 0.3) is 21.8 Å². The smallest absolute Gasteiger partial charge is 0.140 e. The number of para-hydroxylation sites is 1. The van der Waals surface area contributed by atoms with Crippen molar-refractivity contribution in [2.45, 2.75) is 12.8 Å². The molecule has 26 heavy (non-hydrogen) atoms. The van der Waals surface area contributed by atoms with Gasteiger partial charge in [0.15, 0.2) is 0 Å². The number of benzene rings is 2. The molecule has 2 aromatic carbocycles. The van der Waals surface area contributed by atoms with Crippen molar-refractivity contribution < 1.29 is 9.13 Å². The highest BCUT2D eigenvalue weighted by molar-refractivity contribution is 6.07. The molecule has 0 atom stereocenters. The second kappa shape index (κ2) is 6.93. The van der Waals surface area contributed by atoms with Gasteiger partial charge in [0.05, 0.1) is 5.52 Å². The Kier molecular flexibility index (Phi) is 4.63. The molecule has 136 valence electrons. The van der Waals surface area contributed by atoms with Crippen LogP contribution in [-0.4, -0.2) is 36.1 Å². The number of aromatic nitrogens is 1. The van der Waals surface area contributed by atoms with Crippen molar-refractivity contribution in [3.63, 3.8) is 0 Å². The Morgan fingerprint density at radius 2 is 1.85 bits per heavy atom. The standard InChI is InChI=1S/C21H21FN2O.ClH/c22-19(18-12-24-9-7-14(18)8-10-24)13-25-15-5-6-17-16-3-1-2-4-20(16)23-21(17)11-15;/h1-6,11,14,23H,7-10,12-13H2;1H/b19-18+;. The summed E-state index contributed by atoms with van der Waals surface area (Å²) in [6.07, 6.45) is 2.17. The van der Waals surface area contributed by atoms with Crippen LogP contribution in [-0.2, 0) is 0 Å². The Labute approximate surface area is 158 Å². The molecule has 0 aliphatic carbocycles. The number of hydrogen-bond acceptors (Lipinski definition) is 2. The highest BCUT2D eigenvalue weighted by Crippen LogP contribution is 2.34. The fraction of sp³-hybridized carbons (Fsp3) is 0.333. The number of hydrogen-bond donors (Lipinski definition) is 1. The molecule has 1 aromatic heterocycles. The predicted molar refractivity (Wildman–Crippen MR) is 106 cm³/mol. The minimum absolute atomic E-state index is 0. The van der Waals surface area contributed by atoms with E-state index in [-0.39, 0.29) is 24.8 Å². The first kappa shape index (κ1) is 17.4. The zero-order valence-electron chi connectivity index (χ0n) is 14.5. The van der Waals surface area contributed by atoms with Crippen molar-refractivity contribution in [1.82, 2.24) is 9.88 Å². The molecule has 4 heterocycles. The first-order chi connectivity index (χ1) is 12.3. The van der Waals surface area contributed by atoms with Crippen molar-refractivity contribution >= 4 is 34.2 Å². The van der Waals surface area contributed by atoms with E-state index >= 15 is 0 Å². The first-order valence-corrected chi connectivity index (χ1v) is 9.01. The van der Waals surface area contributed by atoms with Crippen LogP contribution in [0.3, 0.4) is 0 Å². The molecule has 3 nitrogen and oxygen atoms in total. The fourth-order valence-electron chi connectivity index (χ4n) is 4.28. The second-order valence-electron chi connectivity index (χ2n) is 7.15. The van der Waals surface area contributed by atoms with E-state index in [4.69, 9.17) is 4.74 Å². The highest BCUT2D eigenvalue weighted by Gasteiger charge is 2.31. The van der Waals surface area contributed by atoms with Crippen LogP contribution in [0.2, 0.25) is 0 Å². The van der Waals surface area contributed by atoms with Gasteiger partial charge in [0.1, 0.15) is 18.2 Å². The molecule has 6 rings (SSSR count). The number of piperidine rings is 3. The highest BCUT2D eigenvalue weighted by atomic mass is 35.5. The lowest BCUT2D eigenvalue weighted by Gasteiger charge is -2.41. The van der Waals surface area contributed by atoms with Gasteiger partial charge < -0.3 is 9.72 Å². The zero-order valence-corrected chi connectivity index (χ0v) is 15.3. The molecule has 3 aliphatic rings. The van der Waals surface area contributed by atoms with Crippen LogP contribution < -0.4 is 4.74 Å². The largest absolute Gasteiger partial charge is 0.486 e. The van der Waals surface area contributed by atoms with Crippen LogP contribution in [0.1, 0.15) is 12.8 Å². The van der Waals surface area contributed by atoms with E-state index in [2.05, 4.69) is 22.0 Å². The third kappa shape index (κ3) is 2.97. The number of ether oxygens (including phenoxy) is 1. The van der Waals surface area contributed by atoms with Crippen molar-refractivity contribution in [3.05, 3.63) is 53.9 Å². The van der Waals surface area contributed by atoms with E-state index < -0.39 is 0 Å². The van der Waals surface area contributed by atoms with E-state index in [0.29, 0.717) is 11.7 Å². The number of nitrogens with one attached hydrogen (secondary N) is 1. The number of fused-ring (bicyclic) bond motifs is 6. The van der Waals surface area contributed by atoms with E-state index in [9.17, 15) is 4.39 Å². The average molecular weight is 373 g/mol. The number of aromatic amines is 1. The molecular formula is C21H22ClFN2O. The summed E-state index contributed by atoms with van der Waals surface area (Å²) < 4.78 is 20.4. The second-order valence-corrected chi connectivity index (χ2v) is 7.15. The summed E-state index contributed by atoms with van der Waals surface area (Å²) in [5.41, 5.74) is 3.09. The summed E-state index contributed by atoms with van der Waals surface area (Å²) in [6, 6.07) is 14.2. The quantitative estimate of drug-likeness (QED) is 0.695. The normalized spacial score (nSPS) is 23.9. The van der Waals surface area contributed by atoms with Crippen LogP contribution in [0, 0.1) is 5.92 Å². The van der Waals surface area contributed by atoms with E-state index in [1.165, 1.54) is 10.8 Å². The molecule has 3 aromatic rings. The Morgan fingerprint density at radius 1 is 1.08 bits per heavy atom. The van der Waals surface area contributed by atoms with Gasteiger partial charge >= 0.3 is 0 Å². The van der Waals surface area contributed by atoms with Crippen molar-refractivity contribution in [2.75, 3.05) is 26.2 Å². The Balaban J connectivity index is 0.00000168. The van der Waals surface area contributed by atoms with Crippen LogP contribution in [0.4, 0.5) is 4.39 Å². The zero-order chi connectivity index (χ0) is 16.8. The minimum atomic E-state index is -0.0776. The number of H-pyrrole nitrogens is 1. The molecule has 0 saturated carbocycles. The Morgan fingerprint density at radius 3 is 2.62 bits per heavy atom. The summed E-state index contributed by atoms with van der Waals surface area (Å²) in [4.78, 5) is 5.74. The van der Waals surface area contributed by atoms with Crippen LogP contribution >= 0.6 is 12.4 Å². The van der Waals surface area contributed by atoms with Gasteiger partial charge in [-0.05, 0) is 55.6 Å². The van der Waals surface area contributed by atoms with Gasteiger partial charge in [-0.3, -0.25) is 4.90 Å². The Hall–Kier alpha value is -2.04. The van der Waals surface area contributed by atoms with Gasteiger partial charge in [0.25, 0.3) is 0 Å². The van der Waals surface area contributed by atoms with Gasteiger partial charge in [-0.15, -0.1) is 12.4 Å². The molecule has 5 heteroatoms. The third-order valence-corrected chi connectivity index (χ3v) is 5.67. The van der Waals surface area contributed by atoms with E-state index in [1.54, 1.807) is 0 Å². The molecule has 3 aliphatic heterocycles. The summed E-state index contributed by atoms with van der Waals surface area (Å²) in [7, 11) is 0. The Bertz CT molecular complexity index is 972. The van der Waals surface area contributed by atoms with Crippen molar-refractivity contribution in [3.8, 4) is 5.75 Å². The van der Waals surface area contributed by atoms with Gasteiger partial charge in [-0.25, -0.2) is 4.39 Å². The molecule has 0 amide bonds. The van der Waals surface area contributed by atoms with E-state index in [1.807, 2.05) is 30.3 Å². The van der Waals surface area contributed by atoms with Gasteiger partial charge in [-0.1, -0.05) is 18.2 Å². The third-order valence-electron chi connectivity index (χ3n) is 5.67. The van der Waals surface area contributed by atoms with Crippen molar-refractivity contribution in [2.24, 2.45) is 5.92 Å². The molecular weight excluding hydrogens is 351 g/mol. The molecule has 0 spiro atoms. The molecule has 1 N–H and O–H groups in total. The molecule has 3 fully saturated rings. The van der Waals surface area contributed by atoms with Crippen LogP contribution in [0.5, 0.6) is 5.75 Å². The number of nitrogens with zero attached hydrogens (tertiary/aromatic N) is 1. The van der Waals surface area contributed by atoms with Crippen molar-refractivity contribution in [1.29, 1.82) is 0 Å². The summed E-state index contributed by atoms with van der Waals surface area (Å²) in [5, 5.41) is 2.36.